The van der Waals surface area contributed by atoms with Gasteiger partial charge < -0.3 is 25.4 Å². The van der Waals surface area contributed by atoms with Crippen LogP contribution in [0.1, 0.15) is 19.3 Å². The second kappa shape index (κ2) is 15.2. The summed E-state index contributed by atoms with van der Waals surface area (Å²) in [6.45, 7) is 8.38. The zero-order chi connectivity index (χ0) is 22.1. The minimum atomic E-state index is 0.664. The number of ether oxygens (including phenoxy) is 2. The van der Waals surface area contributed by atoms with Gasteiger partial charge in [-0.05, 0) is 50.2 Å². The van der Waals surface area contributed by atoms with Crippen molar-refractivity contribution in [3.63, 3.8) is 0 Å². The summed E-state index contributed by atoms with van der Waals surface area (Å²) in [5.74, 6) is 1.71. The highest BCUT2D eigenvalue weighted by atomic mass is 16.6. The van der Waals surface area contributed by atoms with E-state index in [4.69, 9.17) is 9.47 Å². The highest BCUT2D eigenvalue weighted by molar-refractivity contribution is 5.77. The molecule has 3 aliphatic rings. The van der Waals surface area contributed by atoms with Crippen molar-refractivity contribution in [2.75, 3.05) is 52.5 Å². The molecule has 2 saturated heterocycles. The number of fused-ring (bicyclic) bond motifs is 2. The van der Waals surface area contributed by atoms with Crippen LogP contribution in [0.2, 0.25) is 0 Å². The van der Waals surface area contributed by atoms with E-state index in [-0.39, 0.29) is 0 Å². The number of hydrogen-bond donors (Lipinski definition) is 3. The molecule has 0 saturated carbocycles. The Balaban J connectivity index is 0.000000124. The molecule has 3 aliphatic heterocycles. The summed E-state index contributed by atoms with van der Waals surface area (Å²) < 4.78 is 10.6. The molecule has 0 aliphatic carbocycles. The fourth-order valence-electron chi connectivity index (χ4n) is 3.41. The molecule has 2 aromatic carbocycles. The summed E-state index contributed by atoms with van der Waals surface area (Å²) in [6, 6.07) is 19.8. The van der Waals surface area contributed by atoms with Crippen molar-refractivity contribution < 1.29 is 9.47 Å². The Morgan fingerprint density at radius 1 is 0.562 bits per heavy atom. The average molecular weight is 437 g/mol. The Hall–Kier alpha value is -2.67. The van der Waals surface area contributed by atoms with Crippen LogP contribution < -0.4 is 25.4 Å². The van der Waals surface area contributed by atoms with E-state index in [1.165, 1.54) is 37.7 Å². The molecule has 4 heterocycles. The van der Waals surface area contributed by atoms with Crippen molar-refractivity contribution in [3.8, 4) is 11.5 Å². The number of piperidine rings is 1. The van der Waals surface area contributed by atoms with Crippen molar-refractivity contribution in [2.24, 2.45) is 0 Å². The summed E-state index contributed by atoms with van der Waals surface area (Å²) >= 11 is 0. The SMILES string of the molecule is C1CCNCC1.C1CNCCN1.c1ccc2c(c1)OCCO2.c1ccc2ncccc2c1. The van der Waals surface area contributed by atoms with Crippen molar-refractivity contribution in [1.29, 1.82) is 0 Å². The third-order valence-electron chi connectivity index (χ3n) is 5.12. The van der Waals surface area contributed by atoms with Crippen LogP contribution in [0.3, 0.4) is 0 Å². The molecule has 6 rings (SSSR count). The van der Waals surface area contributed by atoms with Crippen LogP contribution in [0.5, 0.6) is 11.5 Å². The van der Waals surface area contributed by atoms with Crippen molar-refractivity contribution in [1.82, 2.24) is 20.9 Å². The van der Waals surface area contributed by atoms with Crippen LogP contribution in [-0.4, -0.2) is 57.5 Å². The van der Waals surface area contributed by atoms with Gasteiger partial charge in [0.1, 0.15) is 13.2 Å². The zero-order valence-corrected chi connectivity index (χ0v) is 18.9. The molecule has 0 unspecified atom stereocenters. The highest BCUT2D eigenvalue weighted by Crippen LogP contribution is 2.28. The third-order valence-corrected chi connectivity index (χ3v) is 5.12. The molecule has 172 valence electrons. The first kappa shape index (κ1) is 24.0. The Bertz CT molecular complexity index is 757. The van der Waals surface area contributed by atoms with Gasteiger partial charge in [0, 0.05) is 37.8 Å². The predicted molar refractivity (Wildman–Crippen MR) is 132 cm³/mol. The van der Waals surface area contributed by atoms with E-state index in [1.807, 2.05) is 54.7 Å². The maximum Gasteiger partial charge on any atom is 0.161 e. The minimum absolute atomic E-state index is 0.664. The Morgan fingerprint density at radius 3 is 1.59 bits per heavy atom. The smallest absolute Gasteiger partial charge is 0.161 e. The molecule has 1 aromatic heterocycles. The normalized spacial score (nSPS) is 16.8. The first-order valence-electron chi connectivity index (χ1n) is 11.7. The summed E-state index contributed by atoms with van der Waals surface area (Å²) in [4.78, 5) is 4.18. The van der Waals surface area contributed by atoms with Gasteiger partial charge in [0.15, 0.2) is 11.5 Å². The number of nitrogens with zero attached hydrogens (tertiary/aromatic N) is 1. The molecule has 6 nitrogen and oxygen atoms in total. The van der Waals surface area contributed by atoms with Crippen molar-refractivity contribution >= 4 is 10.9 Å². The lowest BCUT2D eigenvalue weighted by Gasteiger charge is -2.17. The molecule has 0 spiro atoms. The van der Waals surface area contributed by atoms with Crippen LogP contribution in [0.25, 0.3) is 10.9 Å². The average Bonchev–Trinajstić information content (AvgIpc) is 2.92. The summed E-state index contributed by atoms with van der Waals surface area (Å²) in [5.41, 5.74) is 1.06. The van der Waals surface area contributed by atoms with E-state index in [9.17, 15) is 0 Å². The number of hydrogen-bond acceptors (Lipinski definition) is 6. The number of para-hydroxylation sites is 3. The Kier molecular flexibility index (Phi) is 11.4. The van der Waals surface area contributed by atoms with Crippen LogP contribution >= 0.6 is 0 Å². The van der Waals surface area contributed by atoms with Crippen LogP contribution in [-0.2, 0) is 0 Å². The lowest BCUT2D eigenvalue weighted by molar-refractivity contribution is 0.171. The van der Waals surface area contributed by atoms with E-state index in [0.29, 0.717) is 13.2 Å². The molecule has 0 bridgehead atoms. The maximum absolute atomic E-state index is 5.30. The topological polar surface area (TPSA) is 67.4 Å². The van der Waals surface area contributed by atoms with E-state index in [1.54, 1.807) is 0 Å². The van der Waals surface area contributed by atoms with Crippen LogP contribution in [0.15, 0.2) is 66.9 Å². The van der Waals surface area contributed by atoms with Gasteiger partial charge in [0.05, 0.1) is 5.52 Å². The summed E-state index contributed by atoms with van der Waals surface area (Å²) in [5, 5.41) is 10.9. The number of aromatic nitrogens is 1. The number of pyridine rings is 1. The van der Waals surface area contributed by atoms with E-state index >= 15 is 0 Å². The van der Waals surface area contributed by atoms with Gasteiger partial charge in [-0.15, -0.1) is 0 Å². The van der Waals surface area contributed by atoms with E-state index in [2.05, 4.69) is 33.1 Å². The van der Waals surface area contributed by atoms with Crippen LogP contribution in [0.4, 0.5) is 0 Å². The third kappa shape index (κ3) is 9.22. The molecule has 32 heavy (non-hydrogen) atoms. The molecular weight excluding hydrogens is 400 g/mol. The van der Waals surface area contributed by atoms with Gasteiger partial charge in [0.2, 0.25) is 0 Å². The van der Waals surface area contributed by atoms with Crippen molar-refractivity contribution in [2.45, 2.75) is 19.3 Å². The van der Waals surface area contributed by atoms with Crippen LogP contribution in [0, 0.1) is 0 Å². The second-order valence-corrected chi connectivity index (χ2v) is 7.65. The Morgan fingerprint density at radius 2 is 1.09 bits per heavy atom. The number of rotatable bonds is 0. The predicted octanol–water partition coefficient (Wildman–Crippen LogP) is 3.63. The summed E-state index contributed by atoms with van der Waals surface area (Å²) in [6.07, 6.45) is 6.02. The first-order chi connectivity index (χ1) is 15.9. The van der Waals surface area contributed by atoms with Gasteiger partial charge in [0.25, 0.3) is 0 Å². The fourth-order valence-corrected chi connectivity index (χ4v) is 3.41. The van der Waals surface area contributed by atoms with Gasteiger partial charge in [-0.2, -0.15) is 0 Å². The summed E-state index contributed by atoms with van der Waals surface area (Å²) in [7, 11) is 0. The Labute approximate surface area is 191 Å². The van der Waals surface area contributed by atoms with E-state index in [0.717, 1.165) is 43.2 Å². The van der Waals surface area contributed by atoms with Gasteiger partial charge >= 0.3 is 0 Å². The lowest BCUT2D eigenvalue weighted by Crippen LogP contribution is -2.39. The molecule has 0 atom stereocenters. The van der Waals surface area contributed by atoms with Gasteiger partial charge in [-0.3, -0.25) is 4.98 Å². The lowest BCUT2D eigenvalue weighted by atomic mass is 10.2. The van der Waals surface area contributed by atoms with Crippen molar-refractivity contribution in [3.05, 3.63) is 66.9 Å². The largest absolute Gasteiger partial charge is 0.486 e. The zero-order valence-electron chi connectivity index (χ0n) is 18.9. The highest BCUT2D eigenvalue weighted by Gasteiger charge is 2.08. The molecule has 3 aromatic rings. The molecule has 2 fully saturated rings. The number of nitrogens with one attached hydrogen (secondary N) is 3. The monoisotopic (exact) mass is 436 g/mol. The second-order valence-electron chi connectivity index (χ2n) is 7.65. The van der Waals surface area contributed by atoms with Gasteiger partial charge in [-0.1, -0.05) is 42.8 Å². The molecule has 0 radical (unpaired) electrons. The van der Waals surface area contributed by atoms with Gasteiger partial charge in [-0.25, -0.2) is 0 Å². The molecule has 6 heteroatoms. The minimum Gasteiger partial charge on any atom is -0.486 e. The quantitative estimate of drug-likeness (QED) is 0.500. The number of benzene rings is 2. The molecular formula is C26H36N4O2. The van der Waals surface area contributed by atoms with E-state index < -0.39 is 0 Å². The maximum atomic E-state index is 5.30. The standard InChI is InChI=1S/C9H7N.C8H8O2.C5H11N.C4H10N2/c1-2-6-9-8(4-1)5-3-7-10-9;1-2-4-8-7(3-1)9-5-6-10-8;1-2-4-6-5-3-1;1-2-6-4-3-5-1/h1-7H;1-4H,5-6H2;6H,1-5H2;5-6H,1-4H2. The first-order valence-corrected chi connectivity index (χ1v) is 11.7. The molecule has 3 N–H and O–H groups in total. The molecule has 0 amide bonds. The fraction of sp³-hybridized carbons (Fsp3) is 0.423. The number of piperazine rings is 1.